The predicted octanol–water partition coefficient (Wildman–Crippen LogP) is 6.01. The van der Waals surface area contributed by atoms with Gasteiger partial charge in [-0.1, -0.05) is 43.2 Å². The molecule has 0 heterocycles. The van der Waals surface area contributed by atoms with Gasteiger partial charge in [0.1, 0.15) is 11.1 Å². The van der Waals surface area contributed by atoms with Crippen molar-refractivity contribution in [2.75, 3.05) is 33.4 Å². The van der Waals surface area contributed by atoms with Crippen molar-refractivity contribution < 1.29 is 19.1 Å². The summed E-state index contributed by atoms with van der Waals surface area (Å²) in [7, 11) is 4.01. The second-order valence-corrected chi connectivity index (χ2v) is 13.6. The Hall–Kier alpha value is -3.22. The second-order valence-electron chi connectivity index (χ2n) is 12.7. The first kappa shape index (κ1) is 38.8. The zero-order valence-electron chi connectivity index (χ0n) is 28.7. The van der Waals surface area contributed by atoms with Gasteiger partial charge in [-0.05, 0) is 104 Å². The van der Waals surface area contributed by atoms with Gasteiger partial charge >= 0.3 is 6.09 Å². The average Bonchev–Trinajstić information content (AvgIpc) is 3.63. The molecule has 1 aromatic rings. The van der Waals surface area contributed by atoms with Gasteiger partial charge in [-0.15, -0.1) is 6.58 Å². The summed E-state index contributed by atoms with van der Waals surface area (Å²) in [5.74, 6) is 0.740. The first-order valence-corrected chi connectivity index (χ1v) is 16.3. The number of carbonyl (C=O) groups excluding carboxylic acids is 3. The molecule has 3 unspecified atom stereocenters. The monoisotopic (exact) mass is 626 g/mol. The van der Waals surface area contributed by atoms with Gasteiger partial charge in [0.15, 0.2) is 5.78 Å². The van der Waals surface area contributed by atoms with Crippen LogP contribution in [0.5, 0.6) is 0 Å². The third-order valence-electron chi connectivity index (χ3n) is 7.39. The van der Waals surface area contributed by atoms with Gasteiger partial charge in [0, 0.05) is 43.6 Å². The molecule has 0 spiro atoms. The van der Waals surface area contributed by atoms with Crippen LogP contribution in [-0.2, 0) is 20.7 Å². The third kappa shape index (κ3) is 14.0. The van der Waals surface area contributed by atoms with E-state index in [1.54, 1.807) is 57.9 Å². The Kier molecular flexibility index (Phi) is 15.8. The second kappa shape index (κ2) is 17.9. The molecule has 1 aliphatic carbocycles. The van der Waals surface area contributed by atoms with E-state index in [1.165, 1.54) is 6.42 Å². The number of rotatable bonds is 14. The van der Waals surface area contributed by atoms with Gasteiger partial charge in [-0.25, -0.2) is 4.79 Å². The third-order valence-corrected chi connectivity index (χ3v) is 8.23. The Bertz CT molecular complexity index is 1160. The normalized spacial score (nSPS) is 18.5. The fourth-order valence-electron chi connectivity index (χ4n) is 4.32. The number of carbonyl (C=O) groups is 3. The van der Waals surface area contributed by atoms with Gasteiger partial charge in [-0.2, -0.15) is 0 Å². The molecule has 1 fully saturated rings. The largest absolute Gasteiger partial charge is 0.444 e. The topological polar surface area (TPSA) is 91.0 Å². The molecule has 9 heteroatoms. The van der Waals surface area contributed by atoms with Crippen LogP contribution in [0.25, 0.3) is 0 Å². The van der Waals surface area contributed by atoms with E-state index in [4.69, 9.17) is 4.74 Å². The van der Waals surface area contributed by atoms with Crippen LogP contribution >= 0.6 is 11.9 Å². The lowest BCUT2D eigenvalue weighted by Gasteiger charge is -2.31. The lowest BCUT2D eigenvalue weighted by Crippen LogP contribution is -2.57. The maximum Gasteiger partial charge on any atom is 0.408 e. The number of alkyl carbamates (subject to hydrolysis) is 1. The molecular formula is C35H54N4O4S. The van der Waals surface area contributed by atoms with E-state index in [1.807, 2.05) is 49.7 Å². The summed E-state index contributed by atoms with van der Waals surface area (Å²) < 4.78 is 7.41. The highest BCUT2D eigenvalue weighted by atomic mass is 32.2. The van der Waals surface area contributed by atoms with Crippen LogP contribution in [0.3, 0.4) is 0 Å². The Morgan fingerprint density at radius 3 is 2.34 bits per heavy atom. The fourth-order valence-corrected chi connectivity index (χ4v) is 4.66. The van der Waals surface area contributed by atoms with E-state index in [2.05, 4.69) is 55.1 Å². The van der Waals surface area contributed by atoms with Crippen molar-refractivity contribution in [2.24, 2.45) is 11.8 Å². The molecule has 0 bridgehead atoms. The molecule has 8 nitrogen and oxygen atoms in total. The number of ketones is 1. The van der Waals surface area contributed by atoms with Crippen molar-refractivity contribution >= 4 is 29.7 Å². The number of Topliss-reactive ketones (excluding diaryl/α,β-unsaturated/α-hetero) is 1. The molecule has 44 heavy (non-hydrogen) atoms. The van der Waals surface area contributed by atoms with Crippen LogP contribution in [0.2, 0.25) is 0 Å². The number of likely N-dealkylation sites (N-methyl/N-ethyl adjacent to an activating group) is 1. The smallest absolute Gasteiger partial charge is 0.408 e. The van der Waals surface area contributed by atoms with Crippen molar-refractivity contribution in [3.05, 3.63) is 72.0 Å². The average molecular weight is 627 g/mol. The zero-order valence-corrected chi connectivity index (χ0v) is 29.5. The van der Waals surface area contributed by atoms with E-state index >= 15 is 0 Å². The number of amides is 2. The molecule has 244 valence electrons. The summed E-state index contributed by atoms with van der Waals surface area (Å²) in [6.07, 6.45) is 8.24. The Morgan fingerprint density at radius 1 is 1.23 bits per heavy atom. The molecule has 1 aromatic carbocycles. The lowest BCUT2D eigenvalue weighted by atomic mass is 9.88. The lowest BCUT2D eigenvalue weighted by molar-refractivity contribution is -0.126. The first-order valence-electron chi connectivity index (χ1n) is 15.1. The number of allylic oxidation sites excluding steroid dienone is 2. The molecule has 4 atom stereocenters. The minimum atomic E-state index is -1.33. The maximum absolute atomic E-state index is 13.6. The highest BCUT2D eigenvalue weighted by Crippen LogP contribution is 2.38. The van der Waals surface area contributed by atoms with Crippen LogP contribution in [-0.4, -0.2) is 77.6 Å². The number of nitrogens with one attached hydrogen (secondary N) is 2. The van der Waals surface area contributed by atoms with Crippen LogP contribution < -0.4 is 10.6 Å². The van der Waals surface area contributed by atoms with Crippen molar-refractivity contribution in [3.63, 3.8) is 0 Å². The highest BCUT2D eigenvalue weighted by molar-refractivity contribution is 7.96. The van der Waals surface area contributed by atoms with Crippen LogP contribution in [0.4, 0.5) is 4.79 Å². The molecule has 0 radical (unpaired) electrons. The molecule has 0 saturated heterocycles. The van der Waals surface area contributed by atoms with Gasteiger partial charge in [0.25, 0.3) is 5.91 Å². The first-order chi connectivity index (χ1) is 20.5. The maximum atomic E-state index is 13.6. The molecule has 2 rings (SSSR count). The summed E-state index contributed by atoms with van der Waals surface area (Å²) in [6.45, 7) is 19.2. The summed E-state index contributed by atoms with van der Waals surface area (Å²) in [4.78, 5) is 42.1. The number of hydrogen-bond donors (Lipinski definition) is 2. The summed E-state index contributed by atoms with van der Waals surface area (Å²) in [6, 6.07) is 11.0. The molecular weight excluding hydrogens is 572 g/mol. The summed E-state index contributed by atoms with van der Waals surface area (Å²) in [5, 5.41) is 5.56. The molecule has 0 aromatic heterocycles. The SMILES string of the molecule is C=CC.CSN(C)/C(C)=C/C(=C\C(C)N(C)CC1CC1C)C(=O)NCC(=O)[C@@](C)(Cc1cc#ccc1)NC(=O)OC(C)(C)C. The summed E-state index contributed by atoms with van der Waals surface area (Å²) >= 11 is 1.55. The minimum Gasteiger partial charge on any atom is -0.444 e. The molecule has 0 aliphatic heterocycles. The van der Waals surface area contributed by atoms with Crippen LogP contribution in [0.1, 0.15) is 67.4 Å². The van der Waals surface area contributed by atoms with Gasteiger partial charge < -0.3 is 19.7 Å². The Labute approximate surface area is 270 Å². The molecule has 1 saturated carbocycles. The molecule has 2 N–H and O–H groups in total. The zero-order chi connectivity index (χ0) is 33.7. The number of ether oxygens (including phenoxy) is 1. The van der Waals surface area contributed by atoms with E-state index in [0.717, 1.165) is 23.7 Å². The molecule has 1 aliphatic rings. The Morgan fingerprint density at radius 2 is 1.84 bits per heavy atom. The van der Waals surface area contributed by atoms with Crippen molar-refractivity contribution in [2.45, 2.75) is 85.4 Å². The Balaban J connectivity index is 0.00000309. The summed E-state index contributed by atoms with van der Waals surface area (Å²) in [5.41, 5.74) is 0.128. The fraction of sp³-hybridized carbons (Fsp3) is 0.571. The van der Waals surface area contributed by atoms with Crippen molar-refractivity contribution in [3.8, 4) is 0 Å². The van der Waals surface area contributed by atoms with Crippen LogP contribution in [0, 0.1) is 24.0 Å². The van der Waals surface area contributed by atoms with E-state index in [0.29, 0.717) is 11.5 Å². The van der Waals surface area contributed by atoms with Crippen molar-refractivity contribution in [1.29, 1.82) is 0 Å². The predicted molar refractivity (Wildman–Crippen MR) is 182 cm³/mol. The van der Waals surface area contributed by atoms with Crippen molar-refractivity contribution in [1.82, 2.24) is 19.8 Å². The van der Waals surface area contributed by atoms with Crippen LogP contribution in [0.15, 0.2) is 54.3 Å². The van der Waals surface area contributed by atoms with Gasteiger partial charge in [-0.3, -0.25) is 14.5 Å². The quantitative estimate of drug-likeness (QED) is 0.113. The molecule has 2 amide bonds. The number of hydrogen-bond acceptors (Lipinski definition) is 7. The van der Waals surface area contributed by atoms with E-state index in [9.17, 15) is 14.4 Å². The van der Waals surface area contributed by atoms with Gasteiger partial charge in [0.05, 0.1) is 6.54 Å². The van der Waals surface area contributed by atoms with E-state index in [-0.39, 0.29) is 30.7 Å². The number of nitrogens with zero attached hydrogens (tertiary/aromatic N) is 2. The van der Waals surface area contributed by atoms with Gasteiger partial charge in [0.2, 0.25) is 0 Å². The highest BCUT2D eigenvalue weighted by Gasteiger charge is 2.37. The minimum absolute atomic E-state index is 0.0214. The standard InChI is InChI=1S/C32H48N4O4S.C3H6/c1-22-16-27(22)21-35(8)23(2)17-26(18-24(3)36(9)41-10)29(38)33-20-28(37)32(7,19-25-14-12-11-13-15-25)34-30(39)40-31(4,5)6;1-3-2/h12,14-15,17-18,22-23,27H,16,19-21H2,1-10H3,(H,33,38)(H,34,39);3H,1H2,2H3/b24-18+,26-17+;/t22?,23?,27?,32-;/m1./s1. The van der Waals surface area contributed by atoms with E-state index < -0.39 is 17.2 Å².